The summed E-state index contributed by atoms with van der Waals surface area (Å²) in [6.07, 6.45) is -0.167. The van der Waals surface area contributed by atoms with E-state index in [0.29, 0.717) is 16.5 Å². The monoisotopic (exact) mass is 338 g/mol. The fourth-order valence-corrected chi connectivity index (χ4v) is 1.89. The predicted octanol–water partition coefficient (Wildman–Crippen LogP) is 4.01. The first-order chi connectivity index (χ1) is 11.0. The molecule has 0 aliphatic heterocycles. The van der Waals surface area contributed by atoms with Gasteiger partial charge in [0.15, 0.2) is 11.5 Å². The van der Waals surface area contributed by atoms with Gasteiger partial charge in [0, 0.05) is 6.92 Å². The summed E-state index contributed by atoms with van der Waals surface area (Å²) in [4.78, 5) is 11.9. The minimum atomic E-state index is -0.167. The molecule has 112 valence electrons. The molecular formula is C13H9Cl2N5O2. The molecule has 0 aliphatic carbocycles. The first kappa shape index (κ1) is 13.3. The number of hydrogen-bond donors (Lipinski definition) is 1. The maximum absolute atomic E-state index is 7.59. The van der Waals surface area contributed by atoms with Crippen LogP contribution in [-0.4, -0.2) is 20.1 Å². The van der Waals surface area contributed by atoms with E-state index in [4.69, 9.17) is 33.8 Å². The number of aromatic nitrogens is 4. The Morgan fingerprint density at radius 3 is 2.77 bits per heavy atom. The van der Waals surface area contributed by atoms with Gasteiger partial charge >= 0.3 is 6.01 Å². The van der Waals surface area contributed by atoms with E-state index in [-0.39, 0.29) is 29.2 Å². The molecule has 3 aromatic rings. The second kappa shape index (κ2) is 6.17. The van der Waals surface area contributed by atoms with E-state index < -0.39 is 0 Å². The van der Waals surface area contributed by atoms with Crippen molar-refractivity contribution in [3.63, 3.8) is 0 Å². The second-order valence-electron chi connectivity index (χ2n) is 4.10. The third-order valence-corrected chi connectivity index (χ3v) is 3.05. The van der Waals surface area contributed by atoms with Crippen LogP contribution in [0.25, 0.3) is 0 Å². The van der Waals surface area contributed by atoms with Crippen LogP contribution in [0.2, 0.25) is 10.3 Å². The van der Waals surface area contributed by atoms with E-state index in [2.05, 4.69) is 25.4 Å². The highest BCUT2D eigenvalue weighted by Crippen LogP contribution is 2.26. The molecule has 3 rings (SSSR count). The Hall–Kier alpha value is -2.38. The molecule has 0 unspecified atom stereocenters. The van der Waals surface area contributed by atoms with Gasteiger partial charge in [0.25, 0.3) is 0 Å². The van der Waals surface area contributed by atoms with Gasteiger partial charge in [-0.1, -0.05) is 28.9 Å². The highest BCUT2D eigenvalue weighted by Gasteiger charge is 2.12. The van der Waals surface area contributed by atoms with Crippen molar-refractivity contribution in [2.24, 2.45) is 0 Å². The first-order valence-corrected chi connectivity index (χ1v) is 6.82. The van der Waals surface area contributed by atoms with Crippen molar-refractivity contribution in [2.45, 2.75) is 6.92 Å². The van der Waals surface area contributed by atoms with Gasteiger partial charge in [0.05, 0.1) is 12.1 Å². The fourth-order valence-electron chi connectivity index (χ4n) is 1.56. The summed E-state index contributed by atoms with van der Waals surface area (Å²) in [5.41, 5.74) is 0.602. The highest BCUT2D eigenvalue weighted by molar-refractivity contribution is 6.33. The molecule has 22 heavy (non-hydrogen) atoms. The van der Waals surface area contributed by atoms with Crippen LogP contribution in [0.5, 0.6) is 11.8 Å². The van der Waals surface area contributed by atoms with Gasteiger partial charge in [-0.2, -0.15) is 15.0 Å². The smallest absolute Gasteiger partial charge is 0.328 e. The second-order valence-corrected chi connectivity index (χ2v) is 4.84. The number of nitrogens with zero attached hydrogens (tertiary/aromatic N) is 4. The molecule has 0 spiro atoms. The number of benzene rings is 1. The molecule has 0 radical (unpaired) electrons. The average molecular weight is 339 g/mol. The summed E-state index contributed by atoms with van der Waals surface area (Å²) in [6.45, 7) is 1.60. The van der Waals surface area contributed by atoms with Crippen molar-refractivity contribution in [1.82, 2.24) is 20.1 Å². The van der Waals surface area contributed by atoms with Crippen molar-refractivity contribution in [2.75, 3.05) is 5.32 Å². The zero-order chi connectivity index (χ0) is 16.4. The lowest BCUT2D eigenvalue weighted by atomic mass is 10.3. The first-order valence-electron chi connectivity index (χ1n) is 6.57. The topological polar surface area (TPSA) is 86.0 Å². The van der Waals surface area contributed by atoms with Crippen LogP contribution in [0.15, 0.2) is 35.0 Å². The van der Waals surface area contributed by atoms with Crippen LogP contribution in [-0.2, 0) is 0 Å². The zero-order valence-electron chi connectivity index (χ0n) is 12.2. The molecule has 1 N–H and O–H groups in total. The predicted molar refractivity (Wildman–Crippen MR) is 80.9 cm³/mol. The fraction of sp³-hybridized carbons (Fsp3) is 0.0769. The van der Waals surface area contributed by atoms with Crippen LogP contribution in [0, 0.1) is 6.92 Å². The standard InChI is InChI=1S/C13H9Cl2N5O2/c1-7-10(6-16-22-7)21-13-19-11(15)18-12(20-13)17-9-5-3-2-4-8(9)14/h2-6H,1H3,(H,17,18,19,20)/i6D. The van der Waals surface area contributed by atoms with E-state index in [0.717, 1.165) is 0 Å². The Bertz CT molecular complexity index is 839. The number of hydrogen-bond acceptors (Lipinski definition) is 7. The normalized spacial score (nSPS) is 11.1. The van der Waals surface area contributed by atoms with E-state index >= 15 is 0 Å². The summed E-state index contributed by atoms with van der Waals surface area (Å²) in [5, 5.41) is 6.80. The SMILES string of the molecule is [2H]c1noc(C)c1Oc1nc(Cl)nc(Nc2ccccc2Cl)n1. The van der Waals surface area contributed by atoms with E-state index in [1.807, 2.05) is 0 Å². The van der Waals surface area contributed by atoms with Crippen molar-refractivity contribution in [1.29, 1.82) is 0 Å². The number of nitrogens with one attached hydrogen (secondary N) is 1. The maximum Gasteiger partial charge on any atom is 0.328 e. The minimum Gasteiger partial charge on any atom is -0.419 e. The van der Waals surface area contributed by atoms with Crippen LogP contribution in [0.4, 0.5) is 11.6 Å². The summed E-state index contributed by atoms with van der Waals surface area (Å²) in [6, 6.07) is 6.98. The lowest BCUT2D eigenvalue weighted by Crippen LogP contribution is -2.02. The van der Waals surface area contributed by atoms with Crippen molar-refractivity contribution in [3.05, 3.63) is 46.5 Å². The van der Waals surface area contributed by atoms with E-state index in [1.165, 1.54) is 0 Å². The highest BCUT2D eigenvalue weighted by atomic mass is 35.5. The third kappa shape index (κ3) is 3.26. The van der Waals surface area contributed by atoms with Crippen LogP contribution in [0.1, 0.15) is 7.13 Å². The summed E-state index contributed by atoms with van der Waals surface area (Å²) in [5.74, 6) is 0.580. The van der Waals surface area contributed by atoms with Crippen molar-refractivity contribution < 1.29 is 10.6 Å². The summed E-state index contributed by atoms with van der Waals surface area (Å²) < 4.78 is 17.8. The molecule has 2 heterocycles. The molecule has 0 aliphatic rings. The molecule has 0 saturated heterocycles. The van der Waals surface area contributed by atoms with Crippen molar-refractivity contribution in [3.8, 4) is 11.8 Å². The van der Waals surface area contributed by atoms with Gasteiger partial charge in [0.2, 0.25) is 11.2 Å². The van der Waals surface area contributed by atoms with Gasteiger partial charge in [-0.25, -0.2) is 0 Å². The van der Waals surface area contributed by atoms with Gasteiger partial charge in [-0.15, -0.1) is 0 Å². The van der Waals surface area contributed by atoms with Crippen molar-refractivity contribution >= 4 is 34.8 Å². The Kier molecular flexibility index (Phi) is 3.73. The molecule has 7 nitrogen and oxygen atoms in total. The number of rotatable bonds is 4. The van der Waals surface area contributed by atoms with Crippen LogP contribution in [0.3, 0.4) is 0 Å². The Balaban J connectivity index is 1.89. The van der Waals surface area contributed by atoms with Gasteiger partial charge in [-0.05, 0) is 23.7 Å². The molecule has 0 amide bonds. The number of para-hydroxylation sites is 1. The largest absolute Gasteiger partial charge is 0.419 e. The number of aryl methyl sites for hydroxylation is 1. The maximum atomic E-state index is 7.59. The molecular weight excluding hydrogens is 329 g/mol. The van der Waals surface area contributed by atoms with Gasteiger partial charge < -0.3 is 14.6 Å². The molecule has 2 aromatic heterocycles. The van der Waals surface area contributed by atoms with Crippen LogP contribution < -0.4 is 10.1 Å². The Morgan fingerprint density at radius 1 is 1.23 bits per heavy atom. The molecule has 1 aromatic carbocycles. The lowest BCUT2D eigenvalue weighted by molar-refractivity contribution is 0.380. The number of halogens is 2. The number of anilines is 2. The third-order valence-electron chi connectivity index (χ3n) is 2.55. The summed E-state index contributed by atoms with van der Waals surface area (Å²) >= 11 is 11.9. The number of ether oxygens (including phenoxy) is 1. The minimum absolute atomic E-state index is 0.0785. The zero-order valence-corrected chi connectivity index (χ0v) is 12.7. The quantitative estimate of drug-likeness (QED) is 0.768. The Morgan fingerprint density at radius 2 is 2.05 bits per heavy atom. The van der Waals surface area contributed by atoms with E-state index in [1.54, 1.807) is 31.2 Å². The van der Waals surface area contributed by atoms with E-state index in [9.17, 15) is 0 Å². The molecule has 0 fully saturated rings. The molecule has 0 atom stereocenters. The van der Waals surface area contributed by atoms with Gasteiger partial charge in [-0.3, -0.25) is 0 Å². The molecule has 9 heteroatoms. The summed E-state index contributed by atoms with van der Waals surface area (Å²) in [7, 11) is 0. The van der Waals surface area contributed by atoms with Crippen LogP contribution >= 0.6 is 23.2 Å². The Labute approximate surface area is 136 Å². The lowest BCUT2D eigenvalue weighted by Gasteiger charge is -2.08. The molecule has 0 bridgehead atoms. The average Bonchev–Trinajstić information content (AvgIpc) is 2.81. The van der Waals surface area contributed by atoms with Gasteiger partial charge in [0.1, 0.15) is 6.17 Å². The molecule has 0 saturated carbocycles.